The third-order valence-corrected chi connectivity index (χ3v) is 9.01. The van der Waals surface area contributed by atoms with E-state index in [1.54, 1.807) is 0 Å². The smallest absolute Gasteiger partial charge is 0.119 e. The largest absolute Gasteiger partial charge is 0.494 e. The molecule has 7 heteroatoms. The first-order chi connectivity index (χ1) is 24.7. The number of hydrogen-bond donors (Lipinski definition) is 0. The fourth-order valence-electron chi connectivity index (χ4n) is 5.79. The molecule has 7 nitrogen and oxygen atoms in total. The summed E-state index contributed by atoms with van der Waals surface area (Å²) in [5.74, 6) is 6.15. The zero-order valence-corrected chi connectivity index (χ0v) is 30.8. The van der Waals surface area contributed by atoms with E-state index in [0.717, 1.165) is 131 Å². The molecule has 0 N–H and O–H groups in total. The van der Waals surface area contributed by atoms with Gasteiger partial charge in [-0.1, -0.05) is 20.3 Å². The summed E-state index contributed by atoms with van der Waals surface area (Å²) in [5.41, 5.74) is 0. The predicted molar refractivity (Wildman–Crippen MR) is 202 cm³/mol. The van der Waals surface area contributed by atoms with E-state index in [2.05, 4.69) is 13.8 Å². The van der Waals surface area contributed by atoms with E-state index in [9.17, 15) is 0 Å². The molecule has 1 fully saturated rings. The fourth-order valence-corrected chi connectivity index (χ4v) is 5.79. The molecule has 4 rings (SSSR count). The number of hydrogen-bond acceptors (Lipinski definition) is 7. The van der Waals surface area contributed by atoms with E-state index in [1.165, 1.54) is 25.7 Å². The van der Waals surface area contributed by atoms with Crippen LogP contribution >= 0.6 is 0 Å². The molecule has 0 aliphatic heterocycles. The van der Waals surface area contributed by atoms with Crippen molar-refractivity contribution in [1.82, 2.24) is 0 Å². The molecule has 0 spiro atoms. The van der Waals surface area contributed by atoms with Gasteiger partial charge in [0, 0.05) is 6.61 Å². The topological polar surface area (TPSA) is 64.6 Å². The first-order valence-electron chi connectivity index (χ1n) is 19.4. The van der Waals surface area contributed by atoms with Gasteiger partial charge in [0.25, 0.3) is 0 Å². The van der Waals surface area contributed by atoms with Crippen molar-refractivity contribution in [3.8, 4) is 34.5 Å². The lowest BCUT2D eigenvalue weighted by atomic mass is 9.89. The van der Waals surface area contributed by atoms with E-state index in [4.69, 9.17) is 33.2 Å². The molecule has 0 saturated heterocycles. The van der Waals surface area contributed by atoms with Crippen LogP contribution in [0.25, 0.3) is 0 Å². The van der Waals surface area contributed by atoms with Gasteiger partial charge in [-0.15, -0.1) is 0 Å². The number of unbranched alkanes of at least 4 members (excludes halogenated alkanes) is 6. The Morgan fingerprint density at radius 2 is 0.660 bits per heavy atom. The van der Waals surface area contributed by atoms with E-state index in [0.29, 0.717) is 25.9 Å². The molecule has 0 unspecified atom stereocenters. The Bertz CT molecular complexity index is 1240. The molecule has 0 bridgehead atoms. The normalized spacial score (nSPS) is 15.7. The first-order valence-corrected chi connectivity index (χ1v) is 19.4. The Hall–Kier alpha value is -3.58. The minimum Gasteiger partial charge on any atom is -0.494 e. The van der Waals surface area contributed by atoms with Crippen molar-refractivity contribution in [1.29, 1.82) is 0 Å². The molecule has 0 amide bonds. The zero-order valence-electron chi connectivity index (χ0n) is 30.8. The van der Waals surface area contributed by atoms with Gasteiger partial charge in [0.05, 0.1) is 45.7 Å². The Kier molecular flexibility index (Phi) is 19.3. The zero-order chi connectivity index (χ0) is 34.9. The second kappa shape index (κ2) is 24.5. The average Bonchev–Trinajstić information content (AvgIpc) is 3.15. The minimum absolute atomic E-state index is 0.476. The summed E-state index contributed by atoms with van der Waals surface area (Å²) in [6.45, 7) is 9.59. The summed E-state index contributed by atoms with van der Waals surface area (Å²) in [7, 11) is 0. The van der Waals surface area contributed by atoms with Crippen LogP contribution in [0.1, 0.15) is 104 Å². The van der Waals surface area contributed by atoms with Gasteiger partial charge in [0.1, 0.15) is 34.5 Å². The van der Waals surface area contributed by atoms with Gasteiger partial charge in [-0.05, 0) is 162 Å². The quantitative estimate of drug-likeness (QED) is 0.0738. The maximum Gasteiger partial charge on any atom is 0.119 e. The van der Waals surface area contributed by atoms with Crippen LogP contribution in [0.2, 0.25) is 0 Å². The Morgan fingerprint density at radius 1 is 0.380 bits per heavy atom. The molecule has 0 aromatic heterocycles. The number of benzene rings is 3. The lowest BCUT2D eigenvalue weighted by Gasteiger charge is -2.26. The SMILES string of the molecule is CCCCOc1ccc(OCCCCOc2ccc(OCCCCCCOc3ccc(OCCCCOC4CCC(C)CC4)cc3)cc2)cc1. The maximum atomic E-state index is 6.04. The summed E-state index contributed by atoms with van der Waals surface area (Å²) < 4.78 is 41.2. The molecule has 50 heavy (non-hydrogen) atoms. The third-order valence-electron chi connectivity index (χ3n) is 9.01. The van der Waals surface area contributed by atoms with Crippen molar-refractivity contribution in [2.75, 3.05) is 46.2 Å². The van der Waals surface area contributed by atoms with Crippen LogP contribution in [-0.4, -0.2) is 52.4 Å². The molecule has 1 aliphatic rings. The Labute approximate surface area is 301 Å². The van der Waals surface area contributed by atoms with Crippen molar-refractivity contribution >= 4 is 0 Å². The molecule has 276 valence electrons. The lowest BCUT2D eigenvalue weighted by molar-refractivity contribution is 0.0170. The monoisotopic (exact) mass is 690 g/mol. The van der Waals surface area contributed by atoms with Crippen molar-refractivity contribution in [3.63, 3.8) is 0 Å². The summed E-state index contributed by atoms with van der Waals surface area (Å²) in [4.78, 5) is 0. The third kappa shape index (κ3) is 16.9. The highest BCUT2D eigenvalue weighted by Gasteiger charge is 2.18. The second-order valence-corrected chi connectivity index (χ2v) is 13.4. The van der Waals surface area contributed by atoms with Gasteiger partial charge >= 0.3 is 0 Å². The van der Waals surface area contributed by atoms with Crippen LogP contribution in [0.5, 0.6) is 34.5 Å². The molecule has 1 saturated carbocycles. The van der Waals surface area contributed by atoms with Gasteiger partial charge in [-0.3, -0.25) is 0 Å². The van der Waals surface area contributed by atoms with Crippen LogP contribution in [-0.2, 0) is 4.74 Å². The van der Waals surface area contributed by atoms with Gasteiger partial charge in [-0.25, -0.2) is 0 Å². The summed E-state index contributed by atoms with van der Waals surface area (Å²) in [6.07, 6.45) is 16.0. The van der Waals surface area contributed by atoms with E-state index in [1.807, 2.05) is 72.8 Å². The van der Waals surface area contributed by atoms with Gasteiger partial charge < -0.3 is 33.2 Å². The molecule has 3 aromatic carbocycles. The lowest BCUT2D eigenvalue weighted by Crippen LogP contribution is -2.21. The van der Waals surface area contributed by atoms with Crippen molar-refractivity contribution < 1.29 is 33.2 Å². The van der Waals surface area contributed by atoms with Gasteiger partial charge in [-0.2, -0.15) is 0 Å². The molecule has 3 aromatic rings. The summed E-state index contributed by atoms with van der Waals surface area (Å²) in [5, 5.41) is 0. The van der Waals surface area contributed by atoms with Crippen molar-refractivity contribution in [2.45, 2.75) is 110 Å². The highest BCUT2D eigenvalue weighted by molar-refractivity contribution is 5.32. The van der Waals surface area contributed by atoms with Gasteiger partial charge in [0.2, 0.25) is 0 Å². The van der Waals surface area contributed by atoms with Crippen LogP contribution in [0, 0.1) is 5.92 Å². The molecular formula is C43H62O7. The number of ether oxygens (including phenoxy) is 7. The van der Waals surface area contributed by atoms with Crippen LogP contribution in [0.4, 0.5) is 0 Å². The highest BCUT2D eigenvalue weighted by atomic mass is 16.5. The molecule has 0 atom stereocenters. The summed E-state index contributed by atoms with van der Waals surface area (Å²) in [6, 6.07) is 23.7. The number of rotatable bonds is 27. The summed E-state index contributed by atoms with van der Waals surface area (Å²) >= 11 is 0. The van der Waals surface area contributed by atoms with E-state index < -0.39 is 0 Å². The van der Waals surface area contributed by atoms with E-state index in [-0.39, 0.29) is 0 Å². The molecule has 1 aliphatic carbocycles. The minimum atomic E-state index is 0.476. The van der Waals surface area contributed by atoms with Crippen molar-refractivity contribution in [2.24, 2.45) is 5.92 Å². The molecular weight excluding hydrogens is 628 g/mol. The van der Waals surface area contributed by atoms with Crippen LogP contribution < -0.4 is 28.4 Å². The Morgan fingerprint density at radius 3 is 0.980 bits per heavy atom. The maximum absolute atomic E-state index is 6.04. The fraction of sp³-hybridized carbons (Fsp3) is 0.581. The highest BCUT2D eigenvalue weighted by Crippen LogP contribution is 2.26. The first kappa shape index (κ1) is 39.2. The predicted octanol–water partition coefficient (Wildman–Crippen LogP) is 10.9. The van der Waals surface area contributed by atoms with Gasteiger partial charge in [0.15, 0.2) is 0 Å². The average molecular weight is 691 g/mol. The Balaban J connectivity index is 0.921. The molecule has 0 heterocycles. The van der Waals surface area contributed by atoms with Crippen LogP contribution in [0.3, 0.4) is 0 Å². The second-order valence-electron chi connectivity index (χ2n) is 13.4. The van der Waals surface area contributed by atoms with Crippen molar-refractivity contribution in [3.05, 3.63) is 72.8 Å². The van der Waals surface area contributed by atoms with E-state index >= 15 is 0 Å². The molecule has 0 radical (unpaired) electrons. The van der Waals surface area contributed by atoms with Crippen LogP contribution in [0.15, 0.2) is 72.8 Å². The standard InChI is InChI=1S/C43H62O7/c1-3-4-29-44-38-17-19-41(20-18-38)48-34-11-12-35-50-43-27-23-40(24-28-43)46-31-8-6-5-7-30-45-39-21-25-42(26-22-39)49-33-10-9-32-47-37-15-13-36(2)14-16-37/h17-28,36-37H,3-16,29-35H2,1-2H3.